The van der Waals surface area contributed by atoms with E-state index in [9.17, 15) is 13.2 Å². The van der Waals surface area contributed by atoms with Crippen molar-refractivity contribution in [2.24, 2.45) is 17.3 Å². The van der Waals surface area contributed by atoms with Gasteiger partial charge in [-0.25, -0.2) is 13.8 Å². The number of likely N-dealkylation sites (tertiary alicyclic amines) is 1. The minimum Gasteiger partial charge on any atom is -0.463 e. The van der Waals surface area contributed by atoms with Crippen molar-refractivity contribution in [1.82, 2.24) is 25.2 Å². The number of nitrogens with one attached hydrogen (secondary N) is 1. The van der Waals surface area contributed by atoms with E-state index in [4.69, 9.17) is 26.1 Å². The van der Waals surface area contributed by atoms with Crippen LogP contribution in [0.3, 0.4) is 0 Å². The molecule has 8 rings (SSSR count). The molecule has 5 heterocycles. The summed E-state index contributed by atoms with van der Waals surface area (Å²) in [5, 5.41) is 5.33. The molecule has 3 atom stereocenters. The summed E-state index contributed by atoms with van der Waals surface area (Å²) >= 11 is 0. The molecule has 1 saturated carbocycles. The standard InChI is InChI=1S/C40H41F5N6O/c1-4-7-29-36-23(3)20-30-32-35(33(42)34(47-30)27-9-6-8-24-10-11-28(41)26(5-2)31(24)27)48-38(49-37(32)51(36)19-16-46-29)52-22-39(14-15-39)21-50-17-12-25(13-18-50)40(43,44)45/h1,5-6,8-11,23,25,29,36,46H,2,7,12-22H2,3H3/t23-,29-,36-/m0/s1. The van der Waals surface area contributed by atoms with Gasteiger partial charge in [-0.1, -0.05) is 43.8 Å². The number of piperidine rings is 1. The predicted octanol–water partition coefficient (Wildman–Crippen LogP) is 7.56. The molecule has 272 valence electrons. The van der Waals surface area contributed by atoms with E-state index < -0.39 is 23.7 Å². The number of halogens is 5. The third kappa shape index (κ3) is 6.15. The number of aromatic nitrogens is 3. The van der Waals surface area contributed by atoms with E-state index in [1.54, 1.807) is 18.2 Å². The number of hydrogen-bond acceptors (Lipinski definition) is 7. The second kappa shape index (κ2) is 13.3. The second-order valence-corrected chi connectivity index (χ2v) is 15.1. The van der Waals surface area contributed by atoms with Crippen LogP contribution in [0.2, 0.25) is 0 Å². The molecule has 0 radical (unpaired) electrons. The van der Waals surface area contributed by atoms with Crippen LogP contribution in [0.25, 0.3) is 39.0 Å². The van der Waals surface area contributed by atoms with Gasteiger partial charge < -0.3 is 19.9 Å². The van der Waals surface area contributed by atoms with Gasteiger partial charge in [-0.3, -0.25) is 0 Å². The first-order chi connectivity index (χ1) is 25.0. The molecule has 7 nitrogen and oxygen atoms in total. The van der Waals surface area contributed by atoms with Gasteiger partial charge in [-0.05, 0) is 62.6 Å². The first kappa shape index (κ1) is 34.7. The lowest BCUT2D eigenvalue weighted by molar-refractivity contribution is -0.185. The van der Waals surface area contributed by atoms with Crippen molar-refractivity contribution in [2.75, 3.05) is 44.2 Å². The minimum atomic E-state index is -4.16. The zero-order chi connectivity index (χ0) is 36.4. The van der Waals surface area contributed by atoms with E-state index >= 15 is 8.78 Å². The van der Waals surface area contributed by atoms with Gasteiger partial charge >= 0.3 is 12.2 Å². The van der Waals surface area contributed by atoms with Gasteiger partial charge in [0, 0.05) is 60.1 Å². The predicted molar refractivity (Wildman–Crippen MR) is 192 cm³/mol. The van der Waals surface area contributed by atoms with E-state index in [1.165, 1.54) is 12.1 Å². The maximum absolute atomic E-state index is 17.2. The highest BCUT2D eigenvalue weighted by atomic mass is 19.4. The third-order valence-corrected chi connectivity index (χ3v) is 11.6. The molecule has 0 spiro atoms. The smallest absolute Gasteiger partial charge is 0.391 e. The number of rotatable bonds is 8. The second-order valence-electron chi connectivity index (χ2n) is 15.1. The largest absolute Gasteiger partial charge is 0.463 e. The summed E-state index contributed by atoms with van der Waals surface area (Å²) in [6, 6.07) is 8.35. The van der Waals surface area contributed by atoms with Crippen LogP contribution in [0.15, 0.2) is 36.9 Å². The fourth-order valence-corrected chi connectivity index (χ4v) is 8.77. The van der Waals surface area contributed by atoms with Gasteiger partial charge in [-0.15, -0.1) is 12.3 Å². The molecule has 2 aromatic heterocycles. The Hall–Kier alpha value is -4.34. The number of fused-ring (bicyclic) bond motifs is 3. The summed E-state index contributed by atoms with van der Waals surface area (Å²) < 4.78 is 78.5. The summed E-state index contributed by atoms with van der Waals surface area (Å²) in [5.41, 5.74) is 1.24. The molecular weight excluding hydrogens is 675 g/mol. The number of ether oxygens (including phenoxy) is 1. The number of alkyl halides is 3. The molecule has 3 aliphatic heterocycles. The average Bonchev–Trinajstić information content (AvgIpc) is 3.91. The Morgan fingerprint density at radius 1 is 1.08 bits per heavy atom. The summed E-state index contributed by atoms with van der Waals surface area (Å²) in [4.78, 5) is 19.0. The van der Waals surface area contributed by atoms with Gasteiger partial charge in [0.05, 0.1) is 23.6 Å². The SMILES string of the molecule is C#CC[C@@H]1NCCN2c3nc(OCC4(CN5CCC(C(F)(F)F)CC5)CC4)nc4c(F)c(-c5cccc6ccc(F)c(C=C)c56)nc(c34)C[C@H](C)[C@@H]12. The Labute approximate surface area is 299 Å². The third-order valence-electron chi connectivity index (χ3n) is 11.6. The first-order valence-corrected chi connectivity index (χ1v) is 18.1. The molecule has 2 saturated heterocycles. The Morgan fingerprint density at radius 3 is 2.58 bits per heavy atom. The van der Waals surface area contributed by atoms with Gasteiger partial charge in [0.25, 0.3) is 0 Å². The molecule has 1 aliphatic carbocycles. The van der Waals surface area contributed by atoms with E-state index in [1.807, 2.05) is 6.07 Å². The number of piperazine rings is 1. The molecule has 0 unspecified atom stereocenters. The highest BCUT2D eigenvalue weighted by Crippen LogP contribution is 2.48. The van der Waals surface area contributed by atoms with Crippen molar-refractivity contribution < 1.29 is 26.7 Å². The lowest BCUT2D eigenvalue weighted by Crippen LogP contribution is -2.60. The summed E-state index contributed by atoms with van der Waals surface area (Å²) in [6.07, 6.45) is 6.02. The van der Waals surface area contributed by atoms with Crippen LogP contribution in [0.1, 0.15) is 50.3 Å². The zero-order valence-corrected chi connectivity index (χ0v) is 29.1. The fourth-order valence-electron chi connectivity index (χ4n) is 8.77. The summed E-state index contributed by atoms with van der Waals surface area (Å²) in [5.74, 6) is 1.01. The van der Waals surface area contributed by atoms with Crippen molar-refractivity contribution in [3.8, 4) is 29.6 Å². The van der Waals surface area contributed by atoms with Crippen LogP contribution in [-0.2, 0) is 6.42 Å². The van der Waals surface area contributed by atoms with Crippen molar-refractivity contribution in [3.05, 3.63) is 59.8 Å². The van der Waals surface area contributed by atoms with Crippen LogP contribution in [-0.4, -0.2) is 77.4 Å². The molecule has 2 aromatic carbocycles. The van der Waals surface area contributed by atoms with Crippen LogP contribution >= 0.6 is 0 Å². The molecule has 3 fully saturated rings. The van der Waals surface area contributed by atoms with Gasteiger partial charge in [-0.2, -0.15) is 23.1 Å². The van der Waals surface area contributed by atoms with Gasteiger partial charge in [0.15, 0.2) is 5.82 Å². The molecule has 0 amide bonds. The van der Waals surface area contributed by atoms with Crippen LogP contribution < -0.4 is 15.0 Å². The number of benzene rings is 2. The van der Waals surface area contributed by atoms with E-state index in [2.05, 4.69) is 34.5 Å². The zero-order valence-electron chi connectivity index (χ0n) is 29.1. The van der Waals surface area contributed by atoms with Crippen LogP contribution in [0.5, 0.6) is 6.01 Å². The summed E-state index contributed by atoms with van der Waals surface area (Å²) in [6.45, 7) is 8.89. The Bertz CT molecular complexity index is 2080. The first-order valence-electron chi connectivity index (χ1n) is 18.1. The average molecular weight is 717 g/mol. The topological polar surface area (TPSA) is 66.4 Å². The Balaban J connectivity index is 1.21. The highest BCUT2D eigenvalue weighted by Gasteiger charge is 2.48. The van der Waals surface area contributed by atoms with Crippen molar-refractivity contribution in [3.63, 3.8) is 0 Å². The van der Waals surface area contributed by atoms with Gasteiger partial charge in [0.2, 0.25) is 0 Å². The van der Waals surface area contributed by atoms with E-state index in [-0.39, 0.29) is 65.6 Å². The number of pyridine rings is 1. The molecule has 4 aliphatic rings. The number of terminal acetylenes is 1. The lowest BCUT2D eigenvalue weighted by atomic mass is 9.87. The maximum Gasteiger partial charge on any atom is 0.391 e. The van der Waals surface area contributed by atoms with E-state index in [0.29, 0.717) is 73.4 Å². The number of hydrogen-bond donors (Lipinski definition) is 1. The monoisotopic (exact) mass is 716 g/mol. The van der Waals surface area contributed by atoms with Crippen LogP contribution in [0.4, 0.5) is 27.8 Å². The summed E-state index contributed by atoms with van der Waals surface area (Å²) in [7, 11) is 0. The van der Waals surface area contributed by atoms with Crippen molar-refractivity contribution in [2.45, 2.75) is 63.7 Å². The van der Waals surface area contributed by atoms with Crippen molar-refractivity contribution >= 4 is 33.6 Å². The van der Waals surface area contributed by atoms with Crippen molar-refractivity contribution in [1.29, 1.82) is 0 Å². The van der Waals surface area contributed by atoms with Gasteiger partial charge in [0.1, 0.15) is 22.8 Å². The molecule has 4 aromatic rings. The highest BCUT2D eigenvalue weighted by molar-refractivity contribution is 6.03. The van der Waals surface area contributed by atoms with E-state index in [0.717, 1.165) is 18.2 Å². The Kier molecular flexibility index (Phi) is 8.85. The quantitative estimate of drug-likeness (QED) is 0.149. The number of anilines is 1. The fraction of sp³-hybridized carbons (Fsp3) is 0.475. The molecule has 1 N–H and O–H groups in total. The normalized spacial score (nSPS) is 23.2. The molecule has 52 heavy (non-hydrogen) atoms. The lowest BCUT2D eigenvalue weighted by Gasteiger charge is -2.44. The molecule has 0 bridgehead atoms. The molecule has 12 heteroatoms. The number of nitrogens with zero attached hydrogens (tertiary/aromatic N) is 5. The Morgan fingerprint density at radius 2 is 1.87 bits per heavy atom. The maximum atomic E-state index is 17.2. The minimum absolute atomic E-state index is 0.0302. The molecular formula is C40H41F5N6O. The van der Waals surface area contributed by atoms with Crippen LogP contribution in [0, 0.1) is 41.2 Å².